The summed E-state index contributed by atoms with van der Waals surface area (Å²) in [7, 11) is 0. The van der Waals surface area contributed by atoms with Crippen LogP contribution < -0.4 is 5.73 Å². The van der Waals surface area contributed by atoms with Gasteiger partial charge in [0.1, 0.15) is 0 Å². The van der Waals surface area contributed by atoms with Crippen molar-refractivity contribution in [3.05, 3.63) is 32.8 Å². The minimum Gasteiger partial charge on any atom is -0.481 e. The highest BCUT2D eigenvalue weighted by atomic mass is 79.9. The SMILES string of the molecule is Cc1c(Cl)cc(Br)cc1C(CN)C(=O)O. The summed E-state index contributed by atoms with van der Waals surface area (Å²) in [5.74, 6) is -1.64. The average molecular weight is 293 g/mol. The van der Waals surface area contributed by atoms with Gasteiger partial charge in [-0.1, -0.05) is 27.5 Å². The Kier molecular flexibility index (Phi) is 4.13. The zero-order valence-corrected chi connectivity index (χ0v) is 10.5. The van der Waals surface area contributed by atoms with Gasteiger partial charge in [-0.25, -0.2) is 0 Å². The summed E-state index contributed by atoms with van der Waals surface area (Å²) in [6, 6.07) is 3.47. The van der Waals surface area contributed by atoms with E-state index in [-0.39, 0.29) is 6.54 Å². The molecule has 82 valence electrons. The Morgan fingerprint density at radius 3 is 2.73 bits per heavy atom. The Balaban J connectivity index is 3.28. The number of carboxylic acids is 1. The van der Waals surface area contributed by atoms with E-state index in [4.69, 9.17) is 22.4 Å². The Labute approximate surface area is 101 Å². The van der Waals surface area contributed by atoms with Gasteiger partial charge in [0.25, 0.3) is 0 Å². The van der Waals surface area contributed by atoms with Gasteiger partial charge in [-0.3, -0.25) is 4.79 Å². The van der Waals surface area contributed by atoms with Crippen LogP contribution in [0, 0.1) is 6.92 Å². The lowest BCUT2D eigenvalue weighted by Gasteiger charge is -2.14. The molecule has 1 unspecified atom stereocenters. The molecule has 1 rings (SSSR count). The molecule has 3 nitrogen and oxygen atoms in total. The molecule has 1 atom stereocenters. The zero-order chi connectivity index (χ0) is 11.6. The second kappa shape index (κ2) is 4.96. The van der Waals surface area contributed by atoms with E-state index < -0.39 is 11.9 Å². The number of benzene rings is 1. The van der Waals surface area contributed by atoms with E-state index in [1.54, 1.807) is 19.1 Å². The van der Waals surface area contributed by atoms with Crippen molar-refractivity contribution in [3.63, 3.8) is 0 Å². The quantitative estimate of drug-likeness (QED) is 0.900. The van der Waals surface area contributed by atoms with Crippen molar-refractivity contribution in [1.29, 1.82) is 0 Å². The first kappa shape index (κ1) is 12.5. The van der Waals surface area contributed by atoms with Crippen molar-refractivity contribution in [2.75, 3.05) is 6.54 Å². The molecule has 0 aliphatic rings. The van der Waals surface area contributed by atoms with Crippen LogP contribution >= 0.6 is 27.5 Å². The number of halogens is 2. The minimum atomic E-state index is -0.935. The number of aliphatic carboxylic acids is 1. The van der Waals surface area contributed by atoms with Gasteiger partial charge in [0.15, 0.2) is 0 Å². The molecule has 0 spiro atoms. The zero-order valence-electron chi connectivity index (χ0n) is 8.13. The highest BCUT2D eigenvalue weighted by Crippen LogP contribution is 2.29. The number of carbonyl (C=O) groups is 1. The van der Waals surface area contributed by atoms with E-state index in [0.29, 0.717) is 10.6 Å². The molecule has 0 aliphatic heterocycles. The van der Waals surface area contributed by atoms with Crippen molar-refractivity contribution >= 4 is 33.5 Å². The van der Waals surface area contributed by atoms with Gasteiger partial charge in [0.2, 0.25) is 0 Å². The van der Waals surface area contributed by atoms with Crippen molar-refractivity contribution in [2.45, 2.75) is 12.8 Å². The summed E-state index contributed by atoms with van der Waals surface area (Å²) in [5, 5.41) is 9.54. The van der Waals surface area contributed by atoms with Crippen LogP contribution in [0.2, 0.25) is 5.02 Å². The largest absolute Gasteiger partial charge is 0.481 e. The fourth-order valence-electron chi connectivity index (χ4n) is 1.39. The Hall–Kier alpha value is -0.580. The number of carboxylic acid groups (broad SMARTS) is 1. The second-order valence-electron chi connectivity index (χ2n) is 3.23. The third kappa shape index (κ3) is 2.71. The fraction of sp³-hybridized carbons (Fsp3) is 0.300. The molecule has 5 heteroatoms. The van der Waals surface area contributed by atoms with Crippen LogP contribution in [0.15, 0.2) is 16.6 Å². The van der Waals surface area contributed by atoms with E-state index in [2.05, 4.69) is 15.9 Å². The topological polar surface area (TPSA) is 63.3 Å². The van der Waals surface area contributed by atoms with Gasteiger partial charge in [-0.05, 0) is 30.2 Å². The van der Waals surface area contributed by atoms with Crippen molar-refractivity contribution in [1.82, 2.24) is 0 Å². The number of rotatable bonds is 3. The molecule has 0 aromatic heterocycles. The van der Waals surface area contributed by atoms with Crippen molar-refractivity contribution in [3.8, 4) is 0 Å². The van der Waals surface area contributed by atoms with Crippen LogP contribution in [0.1, 0.15) is 17.0 Å². The summed E-state index contributed by atoms with van der Waals surface area (Å²) >= 11 is 9.24. The average Bonchev–Trinajstić information content (AvgIpc) is 2.13. The molecule has 0 amide bonds. The second-order valence-corrected chi connectivity index (χ2v) is 4.55. The normalized spacial score (nSPS) is 12.5. The van der Waals surface area contributed by atoms with E-state index >= 15 is 0 Å². The molecular formula is C10H11BrClNO2. The molecule has 0 aliphatic carbocycles. The summed E-state index contributed by atoms with van der Waals surface area (Å²) in [6.45, 7) is 1.85. The van der Waals surface area contributed by atoms with Crippen LogP contribution in [-0.2, 0) is 4.79 Å². The van der Waals surface area contributed by atoms with Gasteiger partial charge < -0.3 is 10.8 Å². The van der Waals surface area contributed by atoms with Crippen molar-refractivity contribution < 1.29 is 9.90 Å². The molecule has 1 aromatic carbocycles. The van der Waals surface area contributed by atoms with Gasteiger partial charge in [0.05, 0.1) is 5.92 Å². The maximum atomic E-state index is 11.0. The third-order valence-corrected chi connectivity index (χ3v) is 3.11. The summed E-state index contributed by atoms with van der Waals surface area (Å²) in [4.78, 5) is 11.0. The maximum Gasteiger partial charge on any atom is 0.312 e. The van der Waals surface area contributed by atoms with Crippen LogP contribution in [-0.4, -0.2) is 17.6 Å². The molecule has 0 radical (unpaired) electrons. The summed E-state index contributed by atoms with van der Waals surface area (Å²) < 4.78 is 0.757. The Morgan fingerprint density at radius 2 is 2.27 bits per heavy atom. The first-order valence-corrected chi connectivity index (χ1v) is 5.53. The Morgan fingerprint density at radius 1 is 1.67 bits per heavy atom. The third-order valence-electron chi connectivity index (χ3n) is 2.26. The molecule has 0 fully saturated rings. The molecule has 0 heterocycles. The van der Waals surface area contributed by atoms with E-state index in [9.17, 15) is 4.79 Å². The van der Waals surface area contributed by atoms with E-state index in [0.717, 1.165) is 10.0 Å². The molecule has 1 aromatic rings. The fourth-order valence-corrected chi connectivity index (χ4v) is 2.22. The molecular weight excluding hydrogens is 281 g/mol. The molecule has 15 heavy (non-hydrogen) atoms. The molecule has 3 N–H and O–H groups in total. The lowest BCUT2D eigenvalue weighted by atomic mass is 9.95. The van der Waals surface area contributed by atoms with E-state index in [1.165, 1.54) is 0 Å². The summed E-state index contributed by atoms with van der Waals surface area (Å²) in [6.07, 6.45) is 0. The smallest absolute Gasteiger partial charge is 0.312 e. The lowest BCUT2D eigenvalue weighted by Crippen LogP contribution is -2.22. The van der Waals surface area contributed by atoms with Gasteiger partial charge in [-0.2, -0.15) is 0 Å². The summed E-state index contributed by atoms with van der Waals surface area (Å²) in [5.41, 5.74) is 6.85. The van der Waals surface area contributed by atoms with Crippen LogP contribution in [0.4, 0.5) is 0 Å². The van der Waals surface area contributed by atoms with E-state index in [1.807, 2.05) is 0 Å². The minimum absolute atomic E-state index is 0.0585. The van der Waals surface area contributed by atoms with Gasteiger partial charge >= 0.3 is 5.97 Å². The predicted octanol–water partition coefficient (Wildman–Crippen LogP) is 2.54. The molecule has 0 saturated carbocycles. The monoisotopic (exact) mass is 291 g/mol. The molecule has 0 saturated heterocycles. The first-order chi connectivity index (χ1) is 6.97. The van der Waals surface area contributed by atoms with Gasteiger partial charge in [-0.15, -0.1) is 0 Å². The molecule has 0 bridgehead atoms. The maximum absolute atomic E-state index is 11.0. The first-order valence-electron chi connectivity index (χ1n) is 4.35. The Bertz CT molecular complexity index is 395. The highest BCUT2D eigenvalue weighted by Gasteiger charge is 2.21. The number of nitrogens with two attached hydrogens (primary N) is 1. The van der Waals surface area contributed by atoms with Crippen LogP contribution in [0.25, 0.3) is 0 Å². The highest BCUT2D eigenvalue weighted by molar-refractivity contribution is 9.10. The number of hydrogen-bond acceptors (Lipinski definition) is 2. The van der Waals surface area contributed by atoms with Crippen LogP contribution in [0.3, 0.4) is 0 Å². The van der Waals surface area contributed by atoms with Gasteiger partial charge in [0, 0.05) is 16.0 Å². The van der Waals surface area contributed by atoms with Crippen molar-refractivity contribution in [2.24, 2.45) is 5.73 Å². The predicted molar refractivity (Wildman–Crippen MR) is 63.3 cm³/mol. The number of hydrogen-bond donors (Lipinski definition) is 2. The standard InChI is InChI=1S/C10H11BrClNO2/c1-5-7(8(4-13)10(14)15)2-6(11)3-9(5)12/h2-3,8H,4,13H2,1H3,(H,14,15). The lowest BCUT2D eigenvalue weighted by molar-refractivity contribution is -0.138. The van der Waals surface area contributed by atoms with Crippen LogP contribution in [0.5, 0.6) is 0 Å².